The highest BCUT2D eigenvalue weighted by Crippen LogP contribution is 2.23. The smallest absolute Gasteiger partial charge is 0.251 e. The van der Waals surface area contributed by atoms with Crippen LogP contribution in [0.1, 0.15) is 17.3 Å². The second kappa shape index (κ2) is 8.37. The molecule has 0 radical (unpaired) electrons. The van der Waals surface area contributed by atoms with Crippen LogP contribution in [0.4, 0.5) is 18.9 Å². The molecule has 0 bridgehead atoms. The monoisotopic (exact) mass is 366 g/mol. The Balaban J connectivity index is 2.04. The molecule has 1 N–H and O–H groups in total. The van der Waals surface area contributed by atoms with Crippen molar-refractivity contribution in [2.75, 3.05) is 25.1 Å². The summed E-state index contributed by atoms with van der Waals surface area (Å²) in [7, 11) is 1.50. The van der Waals surface area contributed by atoms with Crippen molar-refractivity contribution in [2.24, 2.45) is 0 Å². The molecule has 0 aromatic heterocycles. The number of benzene rings is 2. The summed E-state index contributed by atoms with van der Waals surface area (Å²) in [4.78, 5) is 24.7. The lowest BCUT2D eigenvalue weighted by Gasteiger charge is -2.22. The Labute approximate surface area is 148 Å². The maximum Gasteiger partial charge on any atom is 0.251 e. The molecule has 8 heteroatoms. The van der Waals surface area contributed by atoms with Gasteiger partial charge in [-0.15, -0.1) is 0 Å². The highest BCUT2D eigenvalue weighted by Gasteiger charge is 2.21. The molecule has 0 atom stereocenters. The lowest BCUT2D eigenvalue weighted by atomic mass is 10.2. The van der Waals surface area contributed by atoms with Gasteiger partial charge in [0, 0.05) is 25.6 Å². The van der Waals surface area contributed by atoms with Gasteiger partial charge < -0.3 is 15.0 Å². The van der Waals surface area contributed by atoms with Crippen LogP contribution >= 0.6 is 0 Å². The molecule has 0 unspecified atom stereocenters. The van der Waals surface area contributed by atoms with Crippen molar-refractivity contribution in [1.82, 2.24) is 5.32 Å². The first-order valence-corrected chi connectivity index (χ1v) is 7.69. The van der Waals surface area contributed by atoms with Crippen LogP contribution in [0.5, 0.6) is 5.75 Å². The fourth-order valence-electron chi connectivity index (χ4n) is 2.30. The van der Waals surface area contributed by atoms with Crippen LogP contribution in [-0.2, 0) is 4.79 Å². The number of hydrogen-bond donors (Lipinski definition) is 1. The summed E-state index contributed by atoms with van der Waals surface area (Å²) in [6.07, 6.45) is 0. The summed E-state index contributed by atoms with van der Waals surface area (Å²) in [6, 6.07) is 8.07. The first kappa shape index (κ1) is 19.3. The quantitative estimate of drug-likeness (QED) is 0.800. The molecule has 0 aliphatic heterocycles. The SMILES string of the molecule is COc1ccc(C(=O)NCCN(C(C)=O)c2ccc(F)c(F)c2F)cc1. The number of nitrogens with zero attached hydrogens (tertiary/aromatic N) is 1. The van der Waals surface area contributed by atoms with E-state index < -0.39 is 35.0 Å². The van der Waals surface area contributed by atoms with Gasteiger partial charge in [0.25, 0.3) is 5.91 Å². The lowest BCUT2D eigenvalue weighted by molar-refractivity contribution is -0.116. The third-order valence-corrected chi connectivity index (χ3v) is 3.66. The van der Waals surface area contributed by atoms with Crippen LogP contribution in [0, 0.1) is 17.5 Å². The highest BCUT2D eigenvalue weighted by atomic mass is 19.2. The minimum atomic E-state index is -1.66. The van der Waals surface area contributed by atoms with Gasteiger partial charge in [-0.2, -0.15) is 0 Å². The summed E-state index contributed by atoms with van der Waals surface area (Å²) in [5, 5.41) is 2.57. The van der Waals surface area contributed by atoms with Crippen LogP contribution in [-0.4, -0.2) is 32.0 Å². The molecule has 0 heterocycles. The van der Waals surface area contributed by atoms with E-state index >= 15 is 0 Å². The van der Waals surface area contributed by atoms with Crippen molar-refractivity contribution in [1.29, 1.82) is 0 Å². The molecule has 2 aromatic carbocycles. The van der Waals surface area contributed by atoms with Crippen molar-refractivity contribution in [3.8, 4) is 5.75 Å². The van der Waals surface area contributed by atoms with Gasteiger partial charge >= 0.3 is 0 Å². The number of methoxy groups -OCH3 is 1. The van der Waals surface area contributed by atoms with Crippen molar-refractivity contribution in [3.05, 3.63) is 59.4 Å². The minimum absolute atomic E-state index is 0.0110. The average molecular weight is 366 g/mol. The Morgan fingerprint density at radius 3 is 2.27 bits per heavy atom. The maximum absolute atomic E-state index is 13.9. The Morgan fingerprint density at radius 2 is 1.69 bits per heavy atom. The van der Waals surface area contributed by atoms with Gasteiger partial charge in [-0.25, -0.2) is 13.2 Å². The molecule has 0 saturated carbocycles. The molecule has 138 valence electrons. The van der Waals surface area contributed by atoms with E-state index in [2.05, 4.69) is 5.32 Å². The number of nitrogens with one attached hydrogen (secondary N) is 1. The molecule has 2 amide bonds. The summed E-state index contributed by atoms with van der Waals surface area (Å²) < 4.78 is 45.3. The van der Waals surface area contributed by atoms with Gasteiger partial charge in [-0.3, -0.25) is 9.59 Å². The number of amides is 2. The second-order valence-electron chi connectivity index (χ2n) is 5.35. The van der Waals surface area contributed by atoms with Crippen molar-refractivity contribution >= 4 is 17.5 Å². The van der Waals surface area contributed by atoms with Crippen LogP contribution in [0.15, 0.2) is 36.4 Å². The molecule has 26 heavy (non-hydrogen) atoms. The van der Waals surface area contributed by atoms with Gasteiger partial charge in [0.2, 0.25) is 5.91 Å². The standard InChI is InChI=1S/C18H17F3N2O3/c1-11(24)23(15-8-7-14(19)16(20)17(15)21)10-9-22-18(25)12-3-5-13(26-2)6-4-12/h3-8H,9-10H2,1-2H3,(H,22,25). The average Bonchev–Trinajstić information content (AvgIpc) is 2.64. The molecule has 5 nitrogen and oxygen atoms in total. The van der Waals surface area contributed by atoms with E-state index in [1.165, 1.54) is 7.11 Å². The third-order valence-electron chi connectivity index (χ3n) is 3.66. The van der Waals surface area contributed by atoms with E-state index in [1.807, 2.05) is 0 Å². The largest absolute Gasteiger partial charge is 0.497 e. The lowest BCUT2D eigenvalue weighted by Crippen LogP contribution is -2.38. The van der Waals surface area contributed by atoms with Crippen molar-refractivity contribution < 1.29 is 27.5 Å². The van der Waals surface area contributed by atoms with Crippen molar-refractivity contribution in [2.45, 2.75) is 6.92 Å². The molecular formula is C18H17F3N2O3. The number of rotatable bonds is 6. The van der Waals surface area contributed by atoms with Crippen LogP contribution in [0.3, 0.4) is 0 Å². The van der Waals surface area contributed by atoms with E-state index in [4.69, 9.17) is 4.74 Å². The Morgan fingerprint density at radius 1 is 1.04 bits per heavy atom. The molecule has 0 aliphatic carbocycles. The number of hydrogen-bond acceptors (Lipinski definition) is 3. The molecule has 2 rings (SSSR count). The van der Waals surface area contributed by atoms with Gasteiger partial charge in [-0.05, 0) is 36.4 Å². The van der Waals surface area contributed by atoms with E-state index in [9.17, 15) is 22.8 Å². The second-order valence-corrected chi connectivity index (χ2v) is 5.35. The zero-order valence-electron chi connectivity index (χ0n) is 14.2. The van der Waals surface area contributed by atoms with Crippen LogP contribution < -0.4 is 15.0 Å². The number of anilines is 1. The van der Waals surface area contributed by atoms with Gasteiger partial charge in [0.1, 0.15) is 5.75 Å². The fourth-order valence-corrected chi connectivity index (χ4v) is 2.30. The summed E-state index contributed by atoms with van der Waals surface area (Å²) in [5.74, 6) is -4.84. The number of carbonyl (C=O) groups is 2. The number of ether oxygens (including phenoxy) is 1. The van der Waals surface area contributed by atoms with E-state index in [0.29, 0.717) is 11.3 Å². The topological polar surface area (TPSA) is 58.6 Å². The summed E-state index contributed by atoms with van der Waals surface area (Å²) in [6.45, 7) is 1.04. The first-order chi connectivity index (χ1) is 12.3. The highest BCUT2D eigenvalue weighted by molar-refractivity contribution is 5.95. The summed E-state index contributed by atoms with van der Waals surface area (Å²) in [5.41, 5.74) is -0.0192. The molecule has 2 aromatic rings. The van der Waals surface area contributed by atoms with E-state index in [0.717, 1.165) is 24.0 Å². The Hall–Kier alpha value is -3.03. The molecule has 0 fully saturated rings. The molecule has 0 aliphatic rings. The molecule has 0 saturated heterocycles. The zero-order chi connectivity index (χ0) is 19.3. The predicted octanol–water partition coefficient (Wildman–Crippen LogP) is 2.90. The minimum Gasteiger partial charge on any atom is -0.497 e. The van der Waals surface area contributed by atoms with Gasteiger partial charge in [0.15, 0.2) is 17.5 Å². The van der Waals surface area contributed by atoms with Crippen molar-refractivity contribution in [3.63, 3.8) is 0 Å². The number of halogens is 3. The third kappa shape index (κ3) is 4.33. The maximum atomic E-state index is 13.9. The summed E-state index contributed by atoms with van der Waals surface area (Å²) >= 11 is 0. The first-order valence-electron chi connectivity index (χ1n) is 7.69. The number of carbonyl (C=O) groups excluding carboxylic acids is 2. The predicted molar refractivity (Wildman–Crippen MR) is 89.7 cm³/mol. The van der Waals surface area contributed by atoms with Crippen LogP contribution in [0.25, 0.3) is 0 Å². The van der Waals surface area contributed by atoms with E-state index in [1.54, 1.807) is 24.3 Å². The zero-order valence-corrected chi connectivity index (χ0v) is 14.2. The molecular weight excluding hydrogens is 349 g/mol. The van der Waals surface area contributed by atoms with E-state index in [-0.39, 0.29) is 13.1 Å². The van der Waals surface area contributed by atoms with Crippen LogP contribution in [0.2, 0.25) is 0 Å². The Kier molecular flexibility index (Phi) is 6.21. The van der Waals surface area contributed by atoms with Gasteiger partial charge in [0.05, 0.1) is 12.8 Å². The Bertz CT molecular complexity index is 810. The molecule has 0 spiro atoms. The van der Waals surface area contributed by atoms with Gasteiger partial charge in [-0.1, -0.05) is 0 Å². The fraction of sp³-hybridized carbons (Fsp3) is 0.222. The normalized spacial score (nSPS) is 10.3.